The highest BCUT2D eigenvalue weighted by molar-refractivity contribution is 6.04. The standard InChI is InChI=1S/C26H18F3N5O/c1-16-12-23(34-24(31-16)15-22(33-34)17-8-10-30-11-9-17)18-4-3-7-21(14-18)32-25(35)19-5-2-6-20(13-19)26(27,28)29/h2-15H,1H3,(H,32,35). The molecule has 0 saturated heterocycles. The second-order valence-corrected chi connectivity index (χ2v) is 7.93. The van der Waals surface area contributed by atoms with E-state index >= 15 is 0 Å². The third kappa shape index (κ3) is 4.61. The lowest BCUT2D eigenvalue weighted by molar-refractivity contribution is -0.137. The number of nitrogens with one attached hydrogen (secondary N) is 1. The second-order valence-electron chi connectivity index (χ2n) is 7.93. The topological polar surface area (TPSA) is 72.2 Å². The lowest BCUT2D eigenvalue weighted by Gasteiger charge is -2.11. The third-order valence-electron chi connectivity index (χ3n) is 5.40. The van der Waals surface area contributed by atoms with Gasteiger partial charge in [-0.2, -0.15) is 18.3 Å². The van der Waals surface area contributed by atoms with Crippen molar-refractivity contribution >= 4 is 17.2 Å². The van der Waals surface area contributed by atoms with Gasteiger partial charge in [0, 0.05) is 46.5 Å². The highest BCUT2D eigenvalue weighted by Gasteiger charge is 2.30. The van der Waals surface area contributed by atoms with Crippen LogP contribution in [0.1, 0.15) is 21.6 Å². The molecule has 174 valence electrons. The SMILES string of the molecule is Cc1cc(-c2cccc(NC(=O)c3cccc(C(F)(F)F)c3)c2)n2nc(-c3ccncc3)cc2n1. The summed E-state index contributed by atoms with van der Waals surface area (Å²) in [5.74, 6) is -0.636. The number of aromatic nitrogens is 4. The van der Waals surface area contributed by atoms with Crippen LogP contribution in [0.15, 0.2) is 85.2 Å². The number of nitrogens with zero attached hydrogens (tertiary/aromatic N) is 4. The van der Waals surface area contributed by atoms with Crippen LogP contribution in [-0.2, 0) is 6.18 Å². The quantitative estimate of drug-likeness (QED) is 0.346. The van der Waals surface area contributed by atoms with Crippen molar-refractivity contribution in [1.82, 2.24) is 19.6 Å². The third-order valence-corrected chi connectivity index (χ3v) is 5.40. The van der Waals surface area contributed by atoms with Crippen LogP contribution in [0.4, 0.5) is 18.9 Å². The van der Waals surface area contributed by atoms with Gasteiger partial charge in [-0.15, -0.1) is 0 Å². The zero-order valence-electron chi connectivity index (χ0n) is 18.4. The van der Waals surface area contributed by atoms with Gasteiger partial charge in [-0.05, 0) is 55.5 Å². The zero-order chi connectivity index (χ0) is 24.6. The molecule has 0 bridgehead atoms. The van der Waals surface area contributed by atoms with E-state index in [1.54, 1.807) is 35.1 Å². The number of carbonyl (C=O) groups excluding carboxylic acids is 1. The molecule has 0 fully saturated rings. The molecular formula is C26H18F3N5O. The van der Waals surface area contributed by atoms with Crippen molar-refractivity contribution in [2.75, 3.05) is 5.32 Å². The van der Waals surface area contributed by atoms with Gasteiger partial charge in [0.25, 0.3) is 5.91 Å². The van der Waals surface area contributed by atoms with Crippen LogP contribution in [-0.4, -0.2) is 25.5 Å². The molecule has 0 aliphatic rings. The maximum absolute atomic E-state index is 13.0. The summed E-state index contributed by atoms with van der Waals surface area (Å²) in [5.41, 5.74) is 4.07. The molecule has 0 unspecified atom stereocenters. The average molecular weight is 473 g/mol. The van der Waals surface area contributed by atoms with Gasteiger partial charge in [-0.1, -0.05) is 18.2 Å². The number of pyridine rings is 1. The summed E-state index contributed by atoms with van der Waals surface area (Å²) in [6.45, 7) is 1.88. The van der Waals surface area contributed by atoms with E-state index < -0.39 is 17.6 Å². The number of fused-ring (bicyclic) bond motifs is 1. The molecule has 0 saturated carbocycles. The van der Waals surface area contributed by atoms with Crippen molar-refractivity contribution in [3.05, 3.63) is 102 Å². The number of aryl methyl sites for hydroxylation is 1. The number of hydrogen-bond acceptors (Lipinski definition) is 4. The van der Waals surface area contributed by atoms with Crippen molar-refractivity contribution in [3.63, 3.8) is 0 Å². The molecule has 2 aromatic carbocycles. The molecule has 1 amide bonds. The maximum atomic E-state index is 13.0. The van der Waals surface area contributed by atoms with Gasteiger partial charge in [-0.3, -0.25) is 9.78 Å². The Kier molecular flexibility index (Phi) is 5.52. The van der Waals surface area contributed by atoms with E-state index in [9.17, 15) is 18.0 Å². The van der Waals surface area contributed by atoms with Crippen molar-refractivity contribution in [3.8, 4) is 22.5 Å². The van der Waals surface area contributed by atoms with E-state index in [1.807, 2.05) is 37.3 Å². The van der Waals surface area contributed by atoms with E-state index in [2.05, 4.69) is 15.3 Å². The number of benzene rings is 2. The van der Waals surface area contributed by atoms with Crippen LogP contribution in [0.2, 0.25) is 0 Å². The fraction of sp³-hybridized carbons (Fsp3) is 0.0769. The Morgan fingerprint density at radius 3 is 2.46 bits per heavy atom. The van der Waals surface area contributed by atoms with Crippen LogP contribution in [0.5, 0.6) is 0 Å². The minimum absolute atomic E-state index is 0.0820. The zero-order valence-corrected chi connectivity index (χ0v) is 18.4. The van der Waals surface area contributed by atoms with E-state index in [-0.39, 0.29) is 5.56 Å². The first-order valence-corrected chi connectivity index (χ1v) is 10.6. The van der Waals surface area contributed by atoms with Gasteiger partial charge in [0.05, 0.1) is 17.0 Å². The molecule has 1 N–H and O–H groups in total. The fourth-order valence-electron chi connectivity index (χ4n) is 3.77. The molecule has 5 rings (SSSR count). The molecule has 9 heteroatoms. The number of anilines is 1. The number of hydrogen-bond donors (Lipinski definition) is 1. The summed E-state index contributed by atoms with van der Waals surface area (Å²) in [6, 6.07) is 18.8. The predicted molar refractivity (Wildman–Crippen MR) is 126 cm³/mol. The summed E-state index contributed by atoms with van der Waals surface area (Å²) in [6.07, 6.45) is -1.15. The van der Waals surface area contributed by atoms with E-state index in [0.717, 1.165) is 40.3 Å². The summed E-state index contributed by atoms with van der Waals surface area (Å²) in [5, 5.41) is 7.39. The Morgan fingerprint density at radius 2 is 1.69 bits per heavy atom. The summed E-state index contributed by atoms with van der Waals surface area (Å²) >= 11 is 0. The van der Waals surface area contributed by atoms with Crippen LogP contribution in [0.25, 0.3) is 28.2 Å². The summed E-state index contributed by atoms with van der Waals surface area (Å²) in [7, 11) is 0. The molecule has 0 radical (unpaired) electrons. The Bertz CT molecular complexity index is 1540. The van der Waals surface area contributed by atoms with Crippen molar-refractivity contribution < 1.29 is 18.0 Å². The monoisotopic (exact) mass is 473 g/mol. The van der Waals surface area contributed by atoms with Crippen molar-refractivity contribution in [2.45, 2.75) is 13.1 Å². The van der Waals surface area contributed by atoms with E-state index in [0.29, 0.717) is 11.3 Å². The normalized spacial score (nSPS) is 11.5. The Hall–Kier alpha value is -4.53. The first kappa shape index (κ1) is 22.3. The molecule has 6 nitrogen and oxygen atoms in total. The number of rotatable bonds is 4. The van der Waals surface area contributed by atoms with Crippen LogP contribution in [0.3, 0.4) is 0 Å². The fourth-order valence-corrected chi connectivity index (χ4v) is 3.77. The van der Waals surface area contributed by atoms with Gasteiger partial charge < -0.3 is 5.32 Å². The van der Waals surface area contributed by atoms with Crippen molar-refractivity contribution in [2.24, 2.45) is 0 Å². The predicted octanol–water partition coefficient (Wildman–Crippen LogP) is 6.04. The Balaban J connectivity index is 1.49. The highest BCUT2D eigenvalue weighted by atomic mass is 19.4. The van der Waals surface area contributed by atoms with Gasteiger partial charge in [0.2, 0.25) is 0 Å². The minimum atomic E-state index is -4.53. The Morgan fingerprint density at radius 1 is 0.914 bits per heavy atom. The van der Waals surface area contributed by atoms with Gasteiger partial charge in [0.15, 0.2) is 5.65 Å². The maximum Gasteiger partial charge on any atom is 0.416 e. The van der Waals surface area contributed by atoms with Crippen molar-refractivity contribution in [1.29, 1.82) is 0 Å². The van der Waals surface area contributed by atoms with Crippen LogP contribution < -0.4 is 5.32 Å². The molecule has 35 heavy (non-hydrogen) atoms. The van der Waals surface area contributed by atoms with Gasteiger partial charge >= 0.3 is 6.18 Å². The first-order valence-electron chi connectivity index (χ1n) is 10.6. The van der Waals surface area contributed by atoms with Gasteiger partial charge in [0.1, 0.15) is 0 Å². The minimum Gasteiger partial charge on any atom is -0.322 e. The van der Waals surface area contributed by atoms with Crippen LogP contribution >= 0.6 is 0 Å². The molecule has 0 aliphatic carbocycles. The Labute approximate surface area is 198 Å². The number of alkyl halides is 3. The molecule has 0 atom stereocenters. The average Bonchev–Trinajstić information content (AvgIpc) is 3.28. The van der Waals surface area contributed by atoms with Crippen LogP contribution in [0, 0.1) is 6.92 Å². The number of amides is 1. The summed E-state index contributed by atoms with van der Waals surface area (Å²) in [4.78, 5) is 21.3. The molecule has 0 spiro atoms. The lowest BCUT2D eigenvalue weighted by Crippen LogP contribution is -2.14. The first-order chi connectivity index (χ1) is 16.8. The molecule has 3 aromatic heterocycles. The number of carbonyl (C=O) groups is 1. The second kappa shape index (κ2) is 8.68. The molecule has 3 heterocycles. The number of halogens is 3. The van der Waals surface area contributed by atoms with Gasteiger partial charge in [-0.25, -0.2) is 9.50 Å². The van der Waals surface area contributed by atoms with E-state index in [1.165, 1.54) is 12.1 Å². The van der Waals surface area contributed by atoms with E-state index in [4.69, 9.17) is 5.10 Å². The molecule has 5 aromatic rings. The summed E-state index contributed by atoms with van der Waals surface area (Å²) < 4.78 is 40.8. The molecular weight excluding hydrogens is 455 g/mol. The highest BCUT2D eigenvalue weighted by Crippen LogP contribution is 2.30. The smallest absolute Gasteiger partial charge is 0.322 e. The lowest BCUT2D eigenvalue weighted by atomic mass is 10.1. The largest absolute Gasteiger partial charge is 0.416 e. The molecule has 0 aliphatic heterocycles.